The summed E-state index contributed by atoms with van der Waals surface area (Å²) in [5.74, 6) is -1.12. The zero-order valence-electron chi connectivity index (χ0n) is 9.34. The minimum Gasteiger partial charge on any atom is -0.207 e. The van der Waals surface area contributed by atoms with Crippen molar-refractivity contribution in [2.75, 3.05) is 0 Å². The lowest BCUT2D eigenvalue weighted by atomic mass is 10.0. The van der Waals surface area contributed by atoms with E-state index in [1.807, 2.05) is 24.3 Å². The summed E-state index contributed by atoms with van der Waals surface area (Å²) in [6.45, 7) is 0. The van der Waals surface area contributed by atoms with E-state index in [0.717, 1.165) is 15.2 Å². The first-order valence-corrected chi connectivity index (χ1v) is 6.91. The molecule has 0 aromatic heterocycles. The van der Waals surface area contributed by atoms with Crippen molar-refractivity contribution in [2.24, 2.45) is 0 Å². The molecule has 4 heteroatoms. The van der Waals surface area contributed by atoms with E-state index in [1.165, 1.54) is 12.1 Å². The average Bonchev–Trinajstić information content (AvgIpc) is 2.33. The Labute approximate surface area is 123 Å². The van der Waals surface area contributed by atoms with Crippen LogP contribution < -0.4 is 0 Å². The lowest BCUT2D eigenvalue weighted by molar-refractivity contribution is 0.570. The predicted molar refractivity (Wildman–Crippen MR) is 77.8 cm³/mol. The zero-order valence-corrected chi connectivity index (χ0v) is 12.3. The Kier molecular flexibility index (Phi) is 4.56. The van der Waals surface area contributed by atoms with Crippen molar-refractivity contribution >= 4 is 34.2 Å². The Bertz CT molecular complexity index is 540. The molecule has 0 aliphatic carbocycles. The van der Waals surface area contributed by atoms with E-state index < -0.39 is 11.6 Å². The number of alkyl halides is 1. The number of benzene rings is 2. The van der Waals surface area contributed by atoms with Crippen molar-refractivity contribution < 1.29 is 8.78 Å². The Balaban J connectivity index is 2.15. The Morgan fingerprint density at radius 1 is 1.06 bits per heavy atom. The highest BCUT2D eigenvalue weighted by Gasteiger charge is 2.12. The van der Waals surface area contributed by atoms with E-state index in [2.05, 4.69) is 22.6 Å². The fourth-order valence-electron chi connectivity index (χ4n) is 1.67. The van der Waals surface area contributed by atoms with Crippen molar-refractivity contribution in [3.05, 3.63) is 68.8 Å². The summed E-state index contributed by atoms with van der Waals surface area (Å²) in [6, 6.07) is 11.3. The van der Waals surface area contributed by atoms with Gasteiger partial charge >= 0.3 is 0 Å². The Morgan fingerprint density at radius 3 is 2.33 bits per heavy atom. The predicted octanol–water partition coefficient (Wildman–Crippen LogP) is 5.09. The van der Waals surface area contributed by atoms with Crippen molar-refractivity contribution in [1.29, 1.82) is 0 Å². The lowest BCUT2D eigenvalue weighted by Gasteiger charge is -2.11. The highest BCUT2D eigenvalue weighted by Crippen LogP contribution is 2.26. The van der Waals surface area contributed by atoms with Crippen LogP contribution in [0.25, 0.3) is 0 Å². The molecule has 1 atom stereocenters. The second kappa shape index (κ2) is 5.97. The van der Waals surface area contributed by atoms with Crippen molar-refractivity contribution in [2.45, 2.75) is 11.8 Å². The average molecular weight is 379 g/mol. The molecule has 2 aromatic rings. The van der Waals surface area contributed by atoms with Crippen LogP contribution in [-0.4, -0.2) is 0 Å². The molecule has 18 heavy (non-hydrogen) atoms. The van der Waals surface area contributed by atoms with E-state index >= 15 is 0 Å². The quantitative estimate of drug-likeness (QED) is 0.515. The zero-order chi connectivity index (χ0) is 13.1. The molecule has 94 valence electrons. The van der Waals surface area contributed by atoms with E-state index in [9.17, 15) is 8.78 Å². The topological polar surface area (TPSA) is 0 Å². The fraction of sp³-hybridized carbons (Fsp3) is 0.143. The summed E-state index contributed by atoms with van der Waals surface area (Å²) in [5, 5.41) is -0.318. The van der Waals surface area contributed by atoms with Gasteiger partial charge in [0.25, 0.3) is 0 Å². The van der Waals surface area contributed by atoms with E-state index in [0.29, 0.717) is 12.0 Å². The Morgan fingerprint density at radius 2 is 1.72 bits per heavy atom. The molecule has 0 bridgehead atoms. The van der Waals surface area contributed by atoms with Crippen LogP contribution in [0.1, 0.15) is 16.5 Å². The molecule has 0 nitrogen and oxygen atoms in total. The summed E-state index contributed by atoms with van der Waals surface area (Å²) < 4.78 is 27.4. The standard InChI is InChI=1S/C14H10ClF2I/c15-13(9-2-5-12(18)6-3-9)7-10-1-4-11(16)8-14(10)17/h1-6,8,13H,7H2. The van der Waals surface area contributed by atoms with E-state index in [1.54, 1.807) is 0 Å². The molecule has 0 amide bonds. The van der Waals surface area contributed by atoms with Crippen LogP contribution in [0.4, 0.5) is 8.78 Å². The maximum Gasteiger partial charge on any atom is 0.129 e. The summed E-state index contributed by atoms with van der Waals surface area (Å²) >= 11 is 8.45. The second-order valence-corrected chi connectivity index (χ2v) is 5.73. The van der Waals surface area contributed by atoms with Crippen LogP contribution in [0.2, 0.25) is 0 Å². The summed E-state index contributed by atoms with van der Waals surface area (Å²) in [5.41, 5.74) is 1.36. The third-order valence-electron chi connectivity index (χ3n) is 2.65. The molecule has 1 unspecified atom stereocenters. The summed E-state index contributed by atoms with van der Waals surface area (Å²) in [4.78, 5) is 0. The van der Waals surface area contributed by atoms with Crippen LogP contribution in [0.3, 0.4) is 0 Å². The van der Waals surface area contributed by atoms with E-state index in [4.69, 9.17) is 11.6 Å². The molecule has 0 fully saturated rings. The van der Waals surface area contributed by atoms with Gasteiger partial charge in [-0.25, -0.2) is 8.78 Å². The molecule has 0 spiro atoms. The van der Waals surface area contributed by atoms with Crippen molar-refractivity contribution in [3.8, 4) is 0 Å². The van der Waals surface area contributed by atoms with Gasteiger partial charge in [0.2, 0.25) is 0 Å². The Hall–Kier alpha value is -0.680. The molecule has 0 N–H and O–H groups in total. The fourth-order valence-corrected chi connectivity index (χ4v) is 2.34. The van der Waals surface area contributed by atoms with Gasteiger partial charge in [-0.3, -0.25) is 0 Å². The largest absolute Gasteiger partial charge is 0.207 e. The van der Waals surface area contributed by atoms with Gasteiger partial charge in [0.05, 0.1) is 5.38 Å². The first-order chi connectivity index (χ1) is 8.56. The first kappa shape index (κ1) is 13.7. The number of hydrogen-bond acceptors (Lipinski definition) is 0. The molecule has 0 heterocycles. The normalized spacial score (nSPS) is 12.4. The molecule has 0 radical (unpaired) electrons. The van der Waals surface area contributed by atoms with Gasteiger partial charge in [-0.15, -0.1) is 11.6 Å². The van der Waals surface area contributed by atoms with E-state index in [-0.39, 0.29) is 5.38 Å². The van der Waals surface area contributed by atoms with Crippen LogP contribution in [0, 0.1) is 15.2 Å². The second-order valence-electron chi connectivity index (χ2n) is 3.96. The highest BCUT2D eigenvalue weighted by molar-refractivity contribution is 14.1. The van der Waals surface area contributed by atoms with Gasteiger partial charge in [0.15, 0.2) is 0 Å². The smallest absolute Gasteiger partial charge is 0.129 e. The lowest BCUT2D eigenvalue weighted by Crippen LogP contribution is -1.99. The highest BCUT2D eigenvalue weighted by atomic mass is 127. The first-order valence-electron chi connectivity index (χ1n) is 5.40. The molecule has 0 saturated carbocycles. The monoisotopic (exact) mass is 378 g/mol. The minimum atomic E-state index is -0.573. The molecular formula is C14H10ClF2I. The molecule has 0 saturated heterocycles. The third kappa shape index (κ3) is 3.42. The van der Waals surface area contributed by atoms with Gasteiger partial charge in [-0.05, 0) is 58.3 Å². The summed E-state index contributed by atoms with van der Waals surface area (Å²) in [7, 11) is 0. The molecule has 0 aliphatic rings. The maximum absolute atomic E-state index is 13.5. The van der Waals surface area contributed by atoms with Crippen molar-refractivity contribution in [3.63, 3.8) is 0 Å². The molecule has 0 aliphatic heterocycles. The SMILES string of the molecule is Fc1ccc(CC(Cl)c2ccc(I)cc2)c(F)c1. The molecule has 2 aromatic carbocycles. The number of halogens is 4. The molecular weight excluding hydrogens is 369 g/mol. The van der Waals surface area contributed by atoms with Gasteiger partial charge < -0.3 is 0 Å². The number of rotatable bonds is 3. The summed E-state index contributed by atoms with van der Waals surface area (Å²) in [6.07, 6.45) is 0.342. The third-order valence-corrected chi connectivity index (χ3v) is 3.77. The van der Waals surface area contributed by atoms with Crippen molar-refractivity contribution in [1.82, 2.24) is 0 Å². The number of hydrogen-bond donors (Lipinski definition) is 0. The molecule has 2 rings (SSSR count). The van der Waals surface area contributed by atoms with Gasteiger partial charge in [0, 0.05) is 9.64 Å². The van der Waals surface area contributed by atoms with Gasteiger partial charge in [-0.1, -0.05) is 18.2 Å². The minimum absolute atomic E-state index is 0.318. The maximum atomic E-state index is 13.5. The van der Waals surface area contributed by atoms with Gasteiger partial charge in [-0.2, -0.15) is 0 Å². The van der Waals surface area contributed by atoms with Gasteiger partial charge in [0.1, 0.15) is 11.6 Å². The van der Waals surface area contributed by atoms with Crippen LogP contribution in [0.5, 0.6) is 0 Å². The van der Waals surface area contributed by atoms with Crippen LogP contribution in [-0.2, 0) is 6.42 Å². The van der Waals surface area contributed by atoms with Crippen LogP contribution >= 0.6 is 34.2 Å². The van der Waals surface area contributed by atoms with Crippen LogP contribution in [0.15, 0.2) is 42.5 Å².